The summed E-state index contributed by atoms with van der Waals surface area (Å²) in [6.45, 7) is 8.32. The van der Waals surface area contributed by atoms with E-state index in [-0.39, 0.29) is 24.7 Å². The van der Waals surface area contributed by atoms with Gasteiger partial charge in [-0.15, -0.1) is 0 Å². The molecule has 2 fully saturated rings. The van der Waals surface area contributed by atoms with Crippen LogP contribution in [0.1, 0.15) is 61.0 Å². The number of amides is 1. The molecule has 3 aliphatic heterocycles. The van der Waals surface area contributed by atoms with Crippen molar-refractivity contribution >= 4 is 17.5 Å². The fraction of sp³-hybridized carbons (Fsp3) is 0.395. The Bertz CT molecular complexity index is 2010. The molecule has 0 saturated carbocycles. The second-order valence-corrected chi connectivity index (χ2v) is 15.3. The van der Waals surface area contributed by atoms with Gasteiger partial charge in [0.25, 0.3) is 0 Å². The number of nitriles is 1. The van der Waals surface area contributed by atoms with Gasteiger partial charge in [-0.2, -0.15) is 5.26 Å². The number of allylic oxidation sites excluding steroid dienone is 2. The van der Waals surface area contributed by atoms with Crippen LogP contribution in [-0.4, -0.2) is 66.9 Å². The number of carbonyl (C=O) groups excluding carboxylic acids is 1. The number of nitrogens with one attached hydrogen (secondary N) is 3. The Morgan fingerprint density at radius 2 is 1.91 bits per heavy atom. The summed E-state index contributed by atoms with van der Waals surface area (Å²) in [6, 6.07) is 18.7. The van der Waals surface area contributed by atoms with Gasteiger partial charge in [0.05, 0.1) is 28.9 Å². The van der Waals surface area contributed by atoms with E-state index in [0.29, 0.717) is 48.2 Å². The number of hydrogen-bond donors (Lipinski definition) is 4. The molecule has 11 heteroatoms. The number of rotatable bonds is 15. The summed E-state index contributed by atoms with van der Waals surface area (Å²) in [6.07, 6.45) is 10.8. The Balaban J connectivity index is 1.06. The van der Waals surface area contributed by atoms with Crippen LogP contribution >= 0.6 is 11.6 Å². The van der Waals surface area contributed by atoms with Gasteiger partial charge in [0, 0.05) is 74.8 Å². The zero-order valence-electron chi connectivity index (χ0n) is 30.9. The highest BCUT2D eigenvalue weighted by molar-refractivity contribution is 6.32. The Morgan fingerprint density at radius 3 is 2.70 bits per heavy atom. The molecular formula is C43H48ClN5O5. The van der Waals surface area contributed by atoms with Crippen LogP contribution in [0, 0.1) is 18.3 Å². The third-order valence-electron chi connectivity index (χ3n) is 10.5. The number of likely N-dealkylation sites (tertiary alicyclic amines) is 1. The number of aliphatic hydroxyl groups is 1. The molecule has 3 heterocycles. The van der Waals surface area contributed by atoms with Gasteiger partial charge < -0.3 is 35.3 Å². The van der Waals surface area contributed by atoms with Crippen molar-refractivity contribution in [1.29, 1.82) is 5.26 Å². The van der Waals surface area contributed by atoms with Gasteiger partial charge in [-0.1, -0.05) is 41.9 Å². The number of carbonyl (C=O) groups is 1. The standard InChI is InChI=1S/C43H48ClN5O5/c1-28-33(6-4-9-38(28)52-17-5-16-49-26-43(2,51)27-49)34-7-3-8-36-35(34)11-12-39(36)54-41-20-40(53-25-30-18-29(21-45)14-15-46-22-30)31(19-37(41)44)23-47-24-32-10-13-42(50)48-32/h3-4,6-9,14-15,18-20,22,32,39,46-47,51H,5,10-13,16-17,23-27H2,1-2H3,(H,48,50)/t32?,39-/m0/s1. The molecule has 0 radical (unpaired) electrons. The zero-order chi connectivity index (χ0) is 37.7. The summed E-state index contributed by atoms with van der Waals surface area (Å²) in [4.78, 5) is 14.0. The molecule has 4 aliphatic rings. The summed E-state index contributed by atoms with van der Waals surface area (Å²) < 4.78 is 19.4. The third-order valence-corrected chi connectivity index (χ3v) is 10.8. The minimum absolute atomic E-state index is 0.0829. The van der Waals surface area contributed by atoms with Crippen LogP contribution in [0.2, 0.25) is 5.02 Å². The maximum absolute atomic E-state index is 11.7. The lowest BCUT2D eigenvalue weighted by Gasteiger charge is -2.44. The number of hydrogen-bond acceptors (Lipinski definition) is 9. The lowest BCUT2D eigenvalue weighted by Crippen LogP contribution is -2.59. The van der Waals surface area contributed by atoms with Crippen LogP contribution in [0.25, 0.3) is 11.1 Å². The van der Waals surface area contributed by atoms with E-state index in [9.17, 15) is 15.2 Å². The topological polar surface area (TPSA) is 128 Å². The van der Waals surface area contributed by atoms with E-state index in [4.69, 9.17) is 25.8 Å². The van der Waals surface area contributed by atoms with Crippen molar-refractivity contribution in [2.75, 3.05) is 39.4 Å². The Hall–Kier alpha value is -4.79. The second-order valence-electron chi connectivity index (χ2n) is 14.9. The van der Waals surface area contributed by atoms with E-state index in [1.54, 1.807) is 18.4 Å². The van der Waals surface area contributed by atoms with E-state index in [2.05, 4.69) is 64.2 Å². The lowest BCUT2D eigenvalue weighted by molar-refractivity contribution is -0.119. The highest BCUT2D eigenvalue weighted by Gasteiger charge is 2.35. The van der Waals surface area contributed by atoms with Gasteiger partial charge in [0.15, 0.2) is 0 Å². The summed E-state index contributed by atoms with van der Waals surface area (Å²) in [5.41, 5.74) is 7.50. The summed E-state index contributed by atoms with van der Waals surface area (Å²) in [5, 5.41) is 29.5. The van der Waals surface area contributed by atoms with Gasteiger partial charge in [-0.25, -0.2) is 0 Å². The lowest BCUT2D eigenvalue weighted by atomic mass is 9.93. The van der Waals surface area contributed by atoms with Crippen molar-refractivity contribution in [2.24, 2.45) is 0 Å². The molecule has 0 aromatic heterocycles. The third kappa shape index (κ3) is 8.94. The number of halogens is 1. The Labute approximate surface area is 322 Å². The quantitative estimate of drug-likeness (QED) is 0.130. The van der Waals surface area contributed by atoms with Crippen LogP contribution < -0.4 is 30.2 Å². The molecule has 1 unspecified atom stereocenters. The monoisotopic (exact) mass is 749 g/mol. The van der Waals surface area contributed by atoms with Gasteiger partial charge in [0.2, 0.25) is 5.91 Å². The van der Waals surface area contributed by atoms with E-state index in [0.717, 1.165) is 78.9 Å². The molecule has 7 rings (SSSR count). The van der Waals surface area contributed by atoms with Crippen molar-refractivity contribution in [1.82, 2.24) is 20.9 Å². The smallest absolute Gasteiger partial charge is 0.220 e. The number of benzene rings is 3. The van der Waals surface area contributed by atoms with Crippen molar-refractivity contribution in [3.63, 3.8) is 0 Å². The maximum atomic E-state index is 11.7. The van der Waals surface area contributed by atoms with E-state index in [1.807, 2.05) is 31.3 Å². The first kappa shape index (κ1) is 37.5. The molecule has 282 valence electrons. The molecule has 2 saturated heterocycles. The minimum atomic E-state index is -0.556. The highest BCUT2D eigenvalue weighted by Crippen LogP contribution is 2.44. The number of ether oxygens (including phenoxy) is 3. The molecule has 1 aliphatic carbocycles. The predicted octanol–water partition coefficient (Wildman–Crippen LogP) is 6.42. The van der Waals surface area contributed by atoms with Gasteiger partial charge in [0.1, 0.15) is 30.0 Å². The van der Waals surface area contributed by atoms with Crippen molar-refractivity contribution in [3.05, 3.63) is 112 Å². The number of fused-ring (bicyclic) bond motifs is 1. The molecule has 0 spiro atoms. The molecule has 0 bridgehead atoms. The molecule has 54 heavy (non-hydrogen) atoms. The minimum Gasteiger partial charge on any atom is -0.493 e. The van der Waals surface area contributed by atoms with Crippen molar-refractivity contribution in [3.8, 4) is 34.4 Å². The van der Waals surface area contributed by atoms with E-state index < -0.39 is 5.60 Å². The summed E-state index contributed by atoms with van der Waals surface area (Å²) in [7, 11) is 0. The Kier molecular flexibility index (Phi) is 11.6. The van der Waals surface area contributed by atoms with Crippen LogP contribution in [0.4, 0.5) is 0 Å². The number of β-amino-alcohol motifs (C(OH)–C–C–N with tert-alkyl or cyclic N) is 1. The van der Waals surface area contributed by atoms with Gasteiger partial charge in [-0.3, -0.25) is 9.69 Å². The van der Waals surface area contributed by atoms with Gasteiger partial charge in [-0.05, 0) is 91.6 Å². The average molecular weight is 750 g/mol. The van der Waals surface area contributed by atoms with Crippen molar-refractivity contribution < 1.29 is 24.1 Å². The van der Waals surface area contributed by atoms with E-state index >= 15 is 0 Å². The molecule has 4 N–H and O–H groups in total. The van der Waals surface area contributed by atoms with Crippen LogP contribution in [-0.2, 0) is 17.8 Å². The molecule has 2 atom stereocenters. The largest absolute Gasteiger partial charge is 0.493 e. The first-order chi connectivity index (χ1) is 26.2. The Morgan fingerprint density at radius 1 is 1.07 bits per heavy atom. The molecular weight excluding hydrogens is 702 g/mol. The average Bonchev–Trinajstić information content (AvgIpc) is 3.68. The molecule has 1 amide bonds. The van der Waals surface area contributed by atoms with Crippen molar-refractivity contribution in [2.45, 2.75) is 70.2 Å². The molecule has 3 aromatic carbocycles. The summed E-state index contributed by atoms with van der Waals surface area (Å²) >= 11 is 6.93. The number of nitrogens with zero attached hydrogens (tertiary/aromatic N) is 2. The predicted molar refractivity (Wildman–Crippen MR) is 209 cm³/mol. The first-order valence-electron chi connectivity index (χ1n) is 18.8. The fourth-order valence-corrected chi connectivity index (χ4v) is 8.03. The molecule has 10 nitrogen and oxygen atoms in total. The van der Waals surface area contributed by atoms with Gasteiger partial charge >= 0.3 is 0 Å². The zero-order valence-corrected chi connectivity index (χ0v) is 31.7. The first-order valence-corrected chi connectivity index (χ1v) is 19.2. The summed E-state index contributed by atoms with van der Waals surface area (Å²) in [5.74, 6) is 2.13. The molecule has 3 aromatic rings. The fourth-order valence-electron chi connectivity index (χ4n) is 7.80. The van der Waals surface area contributed by atoms with Crippen LogP contribution in [0.3, 0.4) is 0 Å². The maximum Gasteiger partial charge on any atom is 0.220 e. The normalized spacial score (nSPS) is 20.1. The SMILES string of the molecule is Cc1c(OCCCN2CC(C)(O)C2)cccc1-c1cccc2c1CC[C@@H]2Oc1cc(OCC2=CNC=CC(C#N)=C2)c(CNCC2CCC(=O)N2)cc1Cl. The van der Waals surface area contributed by atoms with E-state index in [1.165, 1.54) is 11.1 Å². The van der Waals surface area contributed by atoms with Crippen LogP contribution in [0.15, 0.2) is 84.2 Å². The van der Waals surface area contributed by atoms with Crippen LogP contribution in [0.5, 0.6) is 17.2 Å². The second kappa shape index (κ2) is 16.7. The highest BCUT2D eigenvalue weighted by atomic mass is 35.5.